The molecule has 0 saturated heterocycles. The first-order valence-electron chi connectivity index (χ1n) is 6.19. The van der Waals surface area contributed by atoms with Crippen molar-refractivity contribution in [1.82, 2.24) is 4.98 Å². The van der Waals surface area contributed by atoms with E-state index in [9.17, 15) is 9.65 Å². The van der Waals surface area contributed by atoms with E-state index in [1.165, 1.54) is 12.1 Å². The number of anilines is 2. The first-order chi connectivity index (χ1) is 10.2. The van der Waals surface area contributed by atoms with Crippen LogP contribution >= 0.6 is 22.6 Å². The van der Waals surface area contributed by atoms with Gasteiger partial charge >= 0.3 is 0 Å². The average molecular weight is 389 g/mol. The van der Waals surface area contributed by atoms with Crippen LogP contribution in [0.25, 0.3) is 10.9 Å². The van der Waals surface area contributed by atoms with Crippen molar-refractivity contribution in [3.05, 3.63) is 63.5 Å². The number of hydrogen-bond donors (Lipinski definition) is 1. The number of para-hydroxylation sites is 1. The van der Waals surface area contributed by atoms with E-state index in [0.717, 1.165) is 20.2 Å². The molecule has 3 nitrogen and oxygen atoms in total. The highest BCUT2D eigenvalue weighted by Gasteiger charge is 2.09. The summed E-state index contributed by atoms with van der Waals surface area (Å²) >= 11 is 2.04. The van der Waals surface area contributed by atoms with E-state index in [1.807, 2.05) is 46.9 Å². The fourth-order valence-corrected chi connectivity index (χ4v) is 2.63. The van der Waals surface area contributed by atoms with Gasteiger partial charge in [0.15, 0.2) is 0 Å². The summed E-state index contributed by atoms with van der Waals surface area (Å²) in [5.74, 6) is 0.178. The molecule has 3 aromatic rings. The minimum Gasteiger partial charge on any atom is -0.338 e. The molecule has 1 aromatic heterocycles. The van der Waals surface area contributed by atoms with Crippen molar-refractivity contribution in [2.24, 2.45) is 0 Å². The molecule has 0 aliphatic rings. The number of fused-ring (bicyclic) bond motifs is 1. The molecular formula is C16H9FIN3. The zero-order chi connectivity index (χ0) is 14.8. The lowest BCUT2D eigenvalue weighted by Gasteiger charge is -2.10. The van der Waals surface area contributed by atoms with Gasteiger partial charge in [-0.05, 0) is 52.9 Å². The topological polar surface area (TPSA) is 48.7 Å². The molecule has 0 unspecified atom stereocenters. The van der Waals surface area contributed by atoms with Crippen molar-refractivity contribution in [2.45, 2.75) is 0 Å². The van der Waals surface area contributed by atoms with Crippen LogP contribution in [0, 0.1) is 20.7 Å². The van der Waals surface area contributed by atoms with Gasteiger partial charge in [0.05, 0.1) is 16.8 Å². The molecule has 0 radical (unpaired) electrons. The molecule has 3 rings (SSSR count). The minimum atomic E-state index is -0.295. The second kappa shape index (κ2) is 5.66. The maximum Gasteiger partial charge on any atom is 0.149 e. The lowest BCUT2D eigenvalue weighted by atomic mass is 10.1. The quantitative estimate of drug-likeness (QED) is 0.653. The number of nitriles is 1. The predicted molar refractivity (Wildman–Crippen MR) is 88.9 cm³/mol. The molecule has 0 bridgehead atoms. The van der Waals surface area contributed by atoms with E-state index >= 15 is 0 Å². The van der Waals surface area contributed by atoms with Crippen LogP contribution in [0.3, 0.4) is 0 Å². The number of hydrogen-bond acceptors (Lipinski definition) is 3. The van der Waals surface area contributed by atoms with Gasteiger partial charge in [-0.3, -0.25) is 0 Å². The monoisotopic (exact) mass is 389 g/mol. The molecule has 102 valence electrons. The summed E-state index contributed by atoms with van der Waals surface area (Å²) in [4.78, 5) is 4.47. The standard InChI is InChI=1S/C16H9FIN3/c17-12-5-6-15(13(18)8-12)21-16-11(9-19)7-10-3-1-2-4-14(10)20-16/h1-8H,(H,20,21). The highest BCUT2D eigenvalue weighted by atomic mass is 127. The third-order valence-electron chi connectivity index (χ3n) is 3.03. The van der Waals surface area contributed by atoms with Crippen molar-refractivity contribution >= 4 is 45.0 Å². The normalized spacial score (nSPS) is 10.3. The molecule has 1 N–H and O–H groups in total. The summed E-state index contributed by atoms with van der Waals surface area (Å²) in [7, 11) is 0. The van der Waals surface area contributed by atoms with Crippen LogP contribution in [0.1, 0.15) is 5.56 Å². The number of rotatable bonds is 2. The van der Waals surface area contributed by atoms with E-state index in [1.54, 1.807) is 12.1 Å². The molecular weight excluding hydrogens is 380 g/mol. The molecule has 2 aromatic carbocycles. The van der Waals surface area contributed by atoms with Gasteiger partial charge in [0, 0.05) is 8.96 Å². The SMILES string of the molecule is N#Cc1cc2ccccc2nc1Nc1ccc(F)cc1I. The molecule has 0 aliphatic heterocycles. The van der Waals surface area contributed by atoms with Gasteiger partial charge < -0.3 is 5.32 Å². The van der Waals surface area contributed by atoms with Gasteiger partial charge in [-0.1, -0.05) is 18.2 Å². The van der Waals surface area contributed by atoms with Gasteiger partial charge in [-0.25, -0.2) is 9.37 Å². The molecule has 0 saturated carbocycles. The second-order valence-electron chi connectivity index (χ2n) is 4.44. The highest BCUT2D eigenvalue weighted by Crippen LogP contribution is 2.26. The Kier molecular flexibility index (Phi) is 3.71. The Hall–Kier alpha value is -2.20. The third-order valence-corrected chi connectivity index (χ3v) is 3.92. The van der Waals surface area contributed by atoms with Crippen LogP contribution < -0.4 is 5.32 Å². The number of pyridine rings is 1. The molecule has 1 heterocycles. The van der Waals surface area contributed by atoms with Crippen LogP contribution in [0.2, 0.25) is 0 Å². The largest absolute Gasteiger partial charge is 0.338 e. The summed E-state index contributed by atoms with van der Waals surface area (Å²) in [5, 5.41) is 13.3. The third kappa shape index (κ3) is 2.81. The number of benzene rings is 2. The summed E-state index contributed by atoms with van der Waals surface area (Å²) in [5.41, 5.74) is 1.97. The van der Waals surface area contributed by atoms with Gasteiger partial charge in [0.2, 0.25) is 0 Å². The van der Waals surface area contributed by atoms with Crippen LogP contribution in [-0.2, 0) is 0 Å². The molecule has 0 aliphatic carbocycles. The molecule has 0 spiro atoms. The number of nitrogens with one attached hydrogen (secondary N) is 1. The lowest BCUT2D eigenvalue weighted by Crippen LogP contribution is -1.99. The van der Waals surface area contributed by atoms with E-state index < -0.39 is 0 Å². The molecule has 0 fully saturated rings. The van der Waals surface area contributed by atoms with Crippen molar-refractivity contribution in [2.75, 3.05) is 5.32 Å². The fraction of sp³-hybridized carbons (Fsp3) is 0. The number of aromatic nitrogens is 1. The minimum absolute atomic E-state index is 0.295. The maximum atomic E-state index is 13.1. The van der Waals surface area contributed by atoms with Crippen LogP contribution in [0.15, 0.2) is 48.5 Å². The van der Waals surface area contributed by atoms with Crippen molar-refractivity contribution in [3.63, 3.8) is 0 Å². The summed E-state index contributed by atoms with van der Waals surface area (Å²) < 4.78 is 13.9. The zero-order valence-corrected chi connectivity index (χ0v) is 12.9. The smallest absolute Gasteiger partial charge is 0.149 e. The van der Waals surface area contributed by atoms with E-state index in [4.69, 9.17) is 0 Å². The van der Waals surface area contributed by atoms with Crippen LogP contribution in [0.5, 0.6) is 0 Å². The highest BCUT2D eigenvalue weighted by molar-refractivity contribution is 14.1. The van der Waals surface area contributed by atoms with Crippen molar-refractivity contribution in [1.29, 1.82) is 5.26 Å². The van der Waals surface area contributed by atoms with Gasteiger partial charge in [0.1, 0.15) is 17.7 Å². The second-order valence-corrected chi connectivity index (χ2v) is 5.60. The summed E-state index contributed by atoms with van der Waals surface area (Å²) in [6, 6.07) is 16.0. The van der Waals surface area contributed by atoms with Gasteiger partial charge in [-0.2, -0.15) is 5.26 Å². The Morgan fingerprint density at radius 2 is 1.95 bits per heavy atom. The Balaban J connectivity index is 2.09. The maximum absolute atomic E-state index is 13.1. The Labute approximate surface area is 134 Å². The predicted octanol–water partition coefficient (Wildman–Crippen LogP) is 4.59. The Bertz CT molecular complexity index is 871. The summed E-state index contributed by atoms with van der Waals surface area (Å²) in [6.45, 7) is 0. The summed E-state index contributed by atoms with van der Waals surface area (Å²) in [6.07, 6.45) is 0. The lowest BCUT2D eigenvalue weighted by molar-refractivity contribution is 0.627. The number of halogens is 2. The first-order valence-corrected chi connectivity index (χ1v) is 7.27. The van der Waals surface area contributed by atoms with Crippen LogP contribution in [-0.4, -0.2) is 4.98 Å². The van der Waals surface area contributed by atoms with Crippen LogP contribution in [0.4, 0.5) is 15.9 Å². The molecule has 5 heteroatoms. The van der Waals surface area contributed by atoms with E-state index in [-0.39, 0.29) is 5.82 Å². The number of nitrogens with zero attached hydrogens (tertiary/aromatic N) is 2. The molecule has 0 amide bonds. The molecule has 0 atom stereocenters. The van der Waals surface area contributed by atoms with Gasteiger partial charge in [0.25, 0.3) is 0 Å². The van der Waals surface area contributed by atoms with Crippen molar-refractivity contribution < 1.29 is 4.39 Å². The van der Waals surface area contributed by atoms with Crippen molar-refractivity contribution in [3.8, 4) is 6.07 Å². The molecule has 21 heavy (non-hydrogen) atoms. The Morgan fingerprint density at radius 3 is 2.71 bits per heavy atom. The Morgan fingerprint density at radius 1 is 1.14 bits per heavy atom. The van der Waals surface area contributed by atoms with E-state index in [2.05, 4.69) is 16.4 Å². The average Bonchev–Trinajstić information content (AvgIpc) is 2.49. The van der Waals surface area contributed by atoms with E-state index in [0.29, 0.717) is 11.4 Å². The first kappa shape index (κ1) is 13.8. The zero-order valence-electron chi connectivity index (χ0n) is 10.8. The van der Waals surface area contributed by atoms with Gasteiger partial charge in [-0.15, -0.1) is 0 Å². The fourth-order valence-electron chi connectivity index (χ4n) is 2.01.